The van der Waals surface area contributed by atoms with Gasteiger partial charge in [-0.05, 0) is 25.0 Å². The minimum atomic E-state index is -0.103. The number of carbonyl (C=O) groups excluding carboxylic acids is 1. The number of hydrogen-bond donors (Lipinski definition) is 1. The highest BCUT2D eigenvalue weighted by molar-refractivity contribution is 5.93. The normalized spacial score (nSPS) is 10.2. The quantitative estimate of drug-likeness (QED) is 0.815. The maximum atomic E-state index is 12.1. The SMILES string of the molecule is CCCN(CCO)C(=O)c1ncccc1C. The van der Waals surface area contributed by atoms with Gasteiger partial charge in [0.1, 0.15) is 5.69 Å². The van der Waals surface area contributed by atoms with Gasteiger partial charge in [-0.1, -0.05) is 13.0 Å². The zero-order valence-corrected chi connectivity index (χ0v) is 9.81. The van der Waals surface area contributed by atoms with Crippen molar-refractivity contribution >= 4 is 5.91 Å². The summed E-state index contributed by atoms with van der Waals surface area (Å²) in [5.41, 5.74) is 1.34. The van der Waals surface area contributed by atoms with E-state index < -0.39 is 0 Å². The second kappa shape index (κ2) is 6.23. The van der Waals surface area contributed by atoms with Gasteiger partial charge < -0.3 is 10.0 Å². The first-order valence-corrected chi connectivity index (χ1v) is 5.52. The van der Waals surface area contributed by atoms with E-state index in [1.54, 1.807) is 11.1 Å². The van der Waals surface area contributed by atoms with Gasteiger partial charge in [0.15, 0.2) is 0 Å². The van der Waals surface area contributed by atoms with Crippen molar-refractivity contribution in [2.75, 3.05) is 19.7 Å². The molecule has 1 amide bonds. The van der Waals surface area contributed by atoms with Crippen molar-refractivity contribution in [3.05, 3.63) is 29.6 Å². The molecule has 88 valence electrons. The molecule has 0 saturated carbocycles. The second-order valence-electron chi connectivity index (χ2n) is 3.68. The van der Waals surface area contributed by atoms with Crippen LogP contribution in [0.5, 0.6) is 0 Å². The van der Waals surface area contributed by atoms with E-state index in [-0.39, 0.29) is 12.5 Å². The van der Waals surface area contributed by atoms with Gasteiger partial charge in [0.2, 0.25) is 0 Å². The second-order valence-corrected chi connectivity index (χ2v) is 3.68. The average molecular weight is 222 g/mol. The monoisotopic (exact) mass is 222 g/mol. The first-order valence-electron chi connectivity index (χ1n) is 5.52. The van der Waals surface area contributed by atoms with Crippen LogP contribution in [0.15, 0.2) is 18.3 Å². The van der Waals surface area contributed by atoms with Crippen LogP contribution in [0.4, 0.5) is 0 Å². The number of pyridine rings is 1. The summed E-state index contributed by atoms with van der Waals surface area (Å²) in [6.45, 7) is 4.86. The molecule has 1 aromatic heterocycles. The largest absolute Gasteiger partial charge is 0.395 e. The minimum Gasteiger partial charge on any atom is -0.395 e. The molecule has 0 saturated heterocycles. The Labute approximate surface area is 95.9 Å². The molecule has 0 atom stereocenters. The molecule has 0 bridgehead atoms. The first-order chi connectivity index (χ1) is 7.70. The van der Waals surface area contributed by atoms with Crippen LogP contribution in [0.25, 0.3) is 0 Å². The zero-order valence-electron chi connectivity index (χ0n) is 9.81. The lowest BCUT2D eigenvalue weighted by atomic mass is 10.2. The van der Waals surface area contributed by atoms with Crippen LogP contribution in [-0.4, -0.2) is 40.6 Å². The predicted octanol–water partition coefficient (Wildman–Crippen LogP) is 1.23. The summed E-state index contributed by atoms with van der Waals surface area (Å²) in [4.78, 5) is 17.8. The topological polar surface area (TPSA) is 53.4 Å². The molecule has 0 unspecified atom stereocenters. The van der Waals surface area contributed by atoms with Crippen molar-refractivity contribution in [3.8, 4) is 0 Å². The molecule has 0 spiro atoms. The number of aryl methyl sites for hydroxylation is 1. The van der Waals surface area contributed by atoms with Gasteiger partial charge in [-0.2, -0.15) is 0 Å². The molecular formula is C12H18N2O2. The summed E-state index contributed by atoms with van der Waals surface area (Å²) in [5.74, 6) is -0.103. The van der Waals surface area contributed by atoms with Crippen molar-refractivity contribution in [1.29, 1.82) is 0 Å². The van der Waals surface area contributed by atoms with Crippen LogP contribution < -0.4 is 0 Å². The van der Waals surface area contributed by atoms with Gasteiger partial charge >= 0.3 is 0 Å². The molecule has 1 aromatic rings. The van der Waals surface area contributed by atoms with Crippen LogP contribution in [0.2, 0.25) is 0 Å². The Hall–Kier alpha value is -1.42. The smallest absolute Gasteiger partial charge is 0.272 e. The van der Waals surface area contributed by atoms with Gasteiger partial charge in [0.25, 0.3) is 5.91 Å². The lowest BCUT2D eigenvalue weighted by Crippen LogP contribution is -2.35. The Balaban J connectivity index is 2.85. The molecule has 16 heavy (non-hydrogen) atoms. The third-order valence-electron chi connectivity index (χ3n) is 2.36. The molecule has 0 fully saturated rings. The standard InChI is InChI=1S/C12H18N2O2/c1-3-7-14(8-9-15)12(16)11-10(2)5-4-6-13-11/h4-6,15H,3,7-9H2,1-2H3. The van der Waals surface area contributed by atoms with E-state index in [0.717, 1.165) is 12.0 Å². The average Bonchev–Trinajstić information content (AvgIpc) is 2.28. The number of aliphatic hydroxyl groups excluding tert-OH is 1. The highest BCUT2D eigenvalue weighted by Gasteiger charge is 2.17. The molecule has 0 radical (unpaired) electrons. The van der Waals surface area contributed by atoms with E-state index in [4.69, 9.17) is 5.11 Å². The van der Waals surface area contributed by atoms with E-state index in [9.17, 15) is 4.79 Å². The van der Waals surface area contributed by atoms with Crippen molar-refractivity contribution in [2.45, 2.75) is 20.3 Å². The number of hydrogen-bond acceptors (Lipinski definition) is 3. The maximum absolute atomic E-state index is 12.1. The van der Waals surface area contributed by atoms with Crippen molar-refractivity contribution < 1.29 is 9.90 Å². The first kappa shape index (κ1) is 12.6. The van der Waals surface area contributed by atoms with Crippen LogP contribution in [0.3, 0.4) is 0 Å². The Bertz CT molecular complexity index is 347. The Kier molecular flexibility index (Phi) is 4.92. The number of carbonyl (C=O) groups is 1. The van der Waals surface area contributed by atoms with Gasteiger partial charge in [-0.3, -0.25) is 9.78 Å². The lowest BCUT2D eigenvalue weighted by molar-refractivity contribution is 0.0715. The summed E-state index contributed by atoms with van der Waals surface area (Å²) in [6, 6.07) is 3.67. The molecule has 0 aliphatic rings. The van der Waals surface area contributed by atoms with Crippen LogP contribution in [0, 0.1) is 6.92 Å². The molecule has 0 aliphatic carbocycles. The Morgan fingerprint density at radius 1 is 1.50 bits per heavy atom. The molecule has 4 heteroatoms. The number of amides is 1. The van der Waals surface area contributed by atoms with E-state index in [1.807, 2.05) is 26.0 Å². The molecule has 4 nitrogen and oxygen atoms in total. The fraction of sp³-hybridized carbons (Fsp3) is 0.500. The lowest BCUT2D eigenvalue weighted by Gasteiger charge is -2.21. The highest BCUT2D eigenvalue weighted by atomic mass is 16.3. The summed E-state index contributed by atoms with van der Waals surface area (Å²) in [7, 11) is 0. The molecular weight excluding hydrogens is 204 g/mol. The van der Waals surface area contributed by atoms with Crippen molar-refractivity contribution in [2.24, 2.45) is 0 Å². The summed E-state index contributed by atoms with van der Waals surface area (Å²) in [6.07, 6.45) is 2.49. The van der Waals surface area contributed by atoms with Gasteiger partial charge in [-0.25, -0.2) is 0 Å². The number of aromatic nitrogens is 1. The predicted molar refractivity (Wildman–Crippen MR) is 62.3 cm³/mol. The summed E-state index contributed by atoms with van der Waals surface area (Å²) in [5, 5.41) is 8.91. The number of rotatable bonds is 5. The zero-order chi connectivity index (χ0) is 12.0. The van der Waals surface area contributed by atoms with Crippen molar-refractivity contribution in [3.63, 3.8) is 0 Å². The molecule has 1 N–H and O–H groups in total. The minimum absolute atomic E-state index is 0.0162. The number of aliphatic hydroxyl groups is 1. The fourth-order valence-corrected chi connectivity index (χ4v) is 1.56. The van der Waals surface area contributed by atoms with Crippen LogP contribution in [-0.2, 0) is 0 Å². The Morgan fingerprint density at radius 3 is 2.81 bits per heavy atom. The highest BCUT2D eigenvalue weighted by Crippen LogP contribution is 2.07. The molecule has 1 heterocycles. The molecule has 0 aromatic carbocycles. The van der Waals surface area contributed by atoms with Crippen molar-refractivity contribution in [1.82, 2.24) is 9.88 Å². The Morgan fingerprint density at radius 2 is 2.25 bits per heavy atom. The summed E-state index contributed by atoms with van der Waals surface area (Å²) < 4.78 is 0. The third kappa shape index (κ3) is 3.03. The van der Waals surface area contributed by atoms with Gasteiger partial charge in [0.05, 0.1) is 6.61 Å². The van der Waals surface area contributed by atoms with E-state index in [0.29, 0.717) is 18.8 Å². The van der Waals surface area contributed by atoms with E-state index in [1.165, 1.54) is 0 Å². The van der Waals surface area contributed by atoms with E-state index in [2.05, 4.69) is 4.98 Å². The molecule has 1 rings (SSSR count). The maximum Gasteiger partial charge on any atom is 0.272 e. The van der Waals surface area contributed by atoms with Gasteiger partial charge in [0, 0.05) is 19.3 Å². The number of nitrogens with zero attached hydrogens (tertiary/aromatic N) is 2. The van der Waals surface area contributed by atoms with Crippen LogP contribution >= 0.6 is 0 Å². The molecule has 0 aliphatic heterocycles. The summed E-state index contributed by atoms with van der Waals surface area (Å²) >= 11 is 0. The third-order valence-corrected chi connectivity index (χ3v) is 2.36. The van der Waals surface area contributed by atoms with Crippen LogP contribution in [0.1, 0.15) is 29.4 Å². The van der Waals surface area contributed by atoms with E-state index >= 15 is 0 Å². The van der Waals surface area contributed by atoms with Gasteiger partial charge in [-0.15, -0.1) is 0 Å². The fourth-order valence-electron chi connectivity index (χ4n) is 1.56.